The first kappa shape index (κ1) is 10.8. The molecule has 4 atom stereocenters. The van der Waals surface area contributed by atoms with Gasteiger partial charge in [-0.3, -0.25) is 14.5 Å². The van der Waals surface area contributed by atoms with E-state index >= 15 is 0 Å². The second-order valence-electron chi connectivity index (χ2n) is 2.60. The van der Waals surface area contributed by atoms with E-state index in [0.717, 1.165) is 0 Å². The van der Waals surface area contributed by atoms with E-state index in [-0.39, 0.29) is 6.61 Å². The number of ether oxygens (including phenoxy) is 1. The maximum absolute atomic E-state index is 9.22. The number of nitrogens with two attached hydrogens (primary N) is 3. The van der Waals surface area contributed by atoms with Gasteiger partial charge in [0, 0.05) is 0 Å². The smallest absolute Gasteiger partial charge is 0.186 e. The van der Waals surface area contributed by atoms with Crippen molar-refractivity contribution in [3.8, 4) is 0 Å². The molecule has 7 N–H and O–H groups in total. The van der Waals surface area contributed by atoms with E-state index in [9.17, 15) is 5.11 Å². The van der Waals surface area contributed by atoms with Gasteiger partial charge in [-0.05, 0) is 0 Å². The lowest BCUT2D eigenvalue weighted by Gasteiger charge is -2.36. The lowest BCUT2D eigenvalue weighted by Crippen LogP contribution is -2.58. The summed E-state index contributed by atoms with van der Waals surface area (Å²) in [5.74, 6) is 14.8. The summed E-state index contributed by atoms with van der Waals surface area (Å²) in [7, 11) is 0. The average molecular weight is 195 g/mol. The number of aliphatic hydroxyl groups excluding tert-OH is 1. The summed E-state index contributed by atoms with van der Waals surface area (Å²) in [5.41, 5.74) is 0. The van der Waals surface area contributed by atoms with Crippen LogP contribution in [0.5, 0.6) is 0 Å². The monoisotopic (exact) mass is 195 g/mol. The third-order valence-electron chi connectivity index (χ3n) is 1.89. The molecular formula is C5H13N3O5. The molecule has 0 saturated carbocycles. The van der Waals surface area contributed by atoms with E-state index in [1.807, 2.05) is 0 Å². The van der Waals surface area contributed by atoms with Gasteiger partial charge in [-0.1, -0.05) is 0 Å². The second-order valence-corrected chi connectivity index (χ2v) is 2.60. The highest BCUT2D eigenvalue weighted by Gasteiger charge is 2.42. The average Bonchev–Trinajstić information content (AvgIpc) is 2.17. The Labute approximate surface area is 74.3 Å². The molecule has 13 heavy (non-hydrogen) atoms. The summed E-state index contributed by atoms with van der Waals surface area (Å²) in [4.78, 5) is 13.4. The Morgan fingerprint density at radius 1 is 1.08 bits per heavy atom. The molecular weight excluding hydrogens is 182 g/mol. The fourth-order valence-corrected chi connectivity index (χ4v) is 1.18. The first-order valence-corrected chi connectivity index (χ1v) is 3.61. The fraction of sp³-hybridized carbons (Fsp3) is 1.00. The zero-order chi connectivity index (χ0) is 9.84. The molecule has 1 saturated heterocycles. The van der Waals surface area contributed by atoms with E-state index in [1.54, 1.807) is 0 Å². The minimum Gasteiger partial charge on any atom is -0.366 e. The summed E-state index contributed by atoms with van der Waals surface area (Å²) < 4.78 is 4.83. The van der Waals surface area contributed by atoms with E-state index in [2.05, 4.69) is 14.5 Å². The summed E-state index contributed by atoms with van der Waals surface area (Å²) >= 11 is 0. The minimum atomic E-state index is -1.20. The van der Waals surface area contributed by atoms with Gasteiger partial charge in [-0.2, -0.15) is 0 Å². The molecule has 0 aliphatic carbocycles. The molecule has 1 fully saturated rings. The Hall–Kier alpha value is -0.320. The molecule has 0 aromatic heterocycles. The Kier molecular flexibility index (Phi) is 3.96. The van der Waals surface area contributed by atoms with Gasteiger partial charge in [0.2, 0.25) is 0 Å². The fourth-order valence-electron chi connectivity index (χ4n) is 1.18. The van der Waals surface area contributed by atoms with Crippen LogP contribution in [-0.4, -0.2) is 36.3 Å². The molecule has 0 spiro atoms. The van der Waals surface area contributed by atoms with Crippen LogP contribution in [0, 0.1) is 0 Å². The zero-order valence-electron chi connectivity index (χ0n) is 6.83. The van der Waals surface area contributed by atoms with Gasteiger partial charge >= 0.3 is 0 Å². The van der Waals surface area contributed by atoms with Crippen molar-refractivity contribution in [3.05, 3.63) is 0 Å². The number of aliphatic hydroxyl groups is 1. The Morgan fingerprint density at radius 2 is 1.69 bits per heavy atom. The quantitative estimate of drug-likeness (QED) is 0.352. The Bertz CT molecular complexity index is 159. The normalized spacial score (nSPS) is 40.6. The second kappa shape index (κ2) is 4.79. The largest absolute Gasteiger partial charge is 0.366 e. The minimum absolute atomic E-state index is 0.0550. The highest BCUT2D eigenvalue weighted by molar-refractivity contribution is 4.84. The van der Waals surface area contributed by atoms with Crippen LogP contribution in [0.2, 0.25) is 0 Å². The molecule has 1 aliphatic heterocycles. The summed E-state index contributed by atoms with van der Waals surface area (Å²) in [6.45, 7) is 0.0550. The molecule has 1 heterocycles. The summed E-state index contributed by atoms with van der Waals surface area (Å²) in [6.07, 6.45) is -3.52. The Morgan fingerprint density at radius 3 is 2.15 bits per heavy atom. The van der Waals surface area contributed by atoms with Crippen LogP contribution < -0.4 is 17.7 Å². The molecule has 8 heteroatoms. The van der Waals surface area contributed by atoms with Crippen LogP contribution in [0.1, 0.15) is 0 Å². The van der Waals surface area contributed by atoms with Crippen LogP contribution in [-0.2, 0) is 19.2 Å². The van der Waals surface area contributed by atoms with Crippen molar-refractivity contribution in [2.24, 2.45) is 17.7 Å². The van der Waals surface area contributed by atoms with Crippen LogP contribution in [0.3, 0.4) is 0 Å². The van der Waals surface area contributed by atoms with E-state index in [1.165, 1.54) is 0 Å². The van der Waals surface area contributed by atoms with Gasteiger partial charge in [0.05, 0.1) is 6.61 Å². The highest BCUT2D eigenvalue weighted by atomic mass is 16.7. The van der Waals surface area contributed by atoms with Crippen molar-refractivity contribution in [3.63, 3.8) is 0 Å². The summed E-state index contributed by atoms with van der Waals surface area (Å²) in [5, 5.41) is 9.22. The van der Waals surface area contributed by atoms with Crippen LogP contribution in [0.25, 0.3) is 0 Å². The molecule has 8 nitrogen and oxygen atoms in total. The maximum Gasteiger partial charge on any atom is 0.186 e. The predicted octanol–water partition coefficient (Wildman–Crippen LogP) is -2.89. The molecule has 0 aromatic carbocycles. The van der Waals surface area contributed by atoms with Crippen molar-refractivity contribution >= 4 is 0 Å². The molecule has 0 aromatic rings. The topological polar surface area (TPSA) is 135 Å². The van der Waals surface area contributed by atoms with Crippen LogP contribution in [0.15, 0.2) is 0 Å². The third-order valence-corrected chi connectivity index (χ3v) is 1.89. The van der Waals surface area contributed by atoms with Crippen molar-refractivity contribution in [2.75, 3.05) is 6.61 Å². The molecule has 0 amide bonds. The van der Waals surface area contributed by atoms with Crippen molar-refractivity contribution in [2.45, 2.75) is 24.6 Å². The zero-order valence-corrected chi connectivity index (χ0v) is 6.83. The number of hydrogen-bond donors (Lipinski definition) is 4. The van der Waals surface area contributed by atoms with Gasteiger partial charge in [-0.15, -0.1) is 0 Å². The van der Waals surface area contributed by atoms with Gasteiger partial charge in [0.25, 0.3) is 0 Å². The Balaban J connectivity index is 2.64. The number of hydrogen-bond acceptors (Lipinski definition) is 8. The molecule has 0 unspecified atom stereocenters. The molecule has 0 radical (unpaired) electrons. The number of rotatable bonds is 3. The van der Waals surface area contributed by atoms with Crippen molar-refractivity contribution in [1.82, 2.24) is 0 Å². The van der Waals surface area contributed by atoms with Gasteiger partial charge in [0.1, 0.15) is 12.2 Å². The van der Waals surface area contributed by atoms with Crippen molar-refractivity contribution < 1.29 is 24.4 Å². The lowest BCUT2D eigenvalue weighted by molar-refractivity contribution is -0.283. The molecule has 0 bridgehead atoms. The van der Waals surface area contributed by atoms with Crippen molar-refractivity contribution in [1.29, 1.82) is 0 Å². The molecule has 1 rings (SSSR count). The lowest BCUT2D eigenvalue weighted by atomic mass is 10.1. The highest BCUT2D eigenvalue weighted by Crippen LogP contribution is 2.18. The van der Waals surface area contributed by atoms with E-state index < -0.39 is 24.6 Å². The van der Waals surface area contributed by atoms with Gasteiger partial charge in [-0.25, -0.2) is 17.7 Å². The maximum atomic E-state index is 9.22. The van der Waals surface area contributed by atoms with Gasteiger partial charge in [0.15, 0.2) is 12.4 Å². The van der Waals surface area contributed by atoms with Gasteiger partial charge < -0.3 is 9.84 Å². The van der Waals surface area contributed by atoms with Crippen LogP contribution >= 0.6 is 0 Å². The standard InChI is InChI=1S/C5H13N3O5/c6-11-2-1-10-5(9)4(13-8)3(2)12-7/h2-5,9H,1,6-8H2/t2-,3+,4-,5-/m1/s1. The van der Waals surface area contributed by atoms with E-state index in [4.69, 9.17) is 22.4 Å². The summed E-state index contributed by atoms with van der Waals surface area (Å²) in [6, 6.07) is 0. The third kappa shape index (κ3) is 2.13. The van der Waals surface area contributed by atoms with E-state index in [0.29, 0.717) is 0 Å². The molecule has 1 aliphatic rings. The van der Waals surface area contributed by atoms with Crippen LogP contribution in [0.4, 0.5) is 0 Å². The predicted molar refractivity (Wildman–Crippen MR) is 39.1 cm³/mol. The SMILES string of the molecule is NO[C@@H]1[C@@H](ON)[C@H](ON)CO[C@H]1O. The first-order chi connectivity index (χ1) is 6.24. The molecule has 78 valence electrons. The first-order valence-electron chi connectivity index (χ1n) is 3.61.